The van der Waals surface area contributed by atoms with Crippen LogP contribution in [0.1, 0.15) is 25.0 Å². The molecule has 0 heterocycles. The van der Waals surface area contributed by atoms with E-state index in [9.17, 15) is 4.79 Å². The molecular weight excluding hydrogens is 342 g/mol. The first-order valence-electron chi connectivity index (χ1n) is 7.87. The van der Waals surface area contributed by atoms with Crippen molar-refractivity contribution >= 4 is 29.3 Å². The van der Waals surface area contributed by atoms with Crippen molar-refractivity contribution in [3.8, 4) is 5.75 Å². The molecule has 1 N–H and O–H groups in total. The number of rotatable bonds is 8. The van der Waals surface area contributed by atoms with Crippen LogP contribution < -0.4 is 10.1 Å². The maximum absolute atomic E-state index is 11.9. The standard InChI is InChI=1S/C19H22ClNO2S/c1-14(2)23-18-5-3-4-16(10-18)11-21-19(22)13-24-12-15-6-8-17(20)9-7-15/h3-10,14H,11-13H2,1-2H3,(H,21,22). The molecule has 0 aromatic heterocycles. The van der Waals surface area contributed by atoms with Crippen molar-refractivity contribution in [2.24, 2.45) is 0 Å². The second-order valence-electron chi connectivity index (χ2n) is 5.71. The maximum Gasteiger partial charge on any atom is 0.230 e. The van der Waals surface area contributed by atoms with Gasteiger partial charge in [-0.2, -0.15) is 0 Å². The summed E-state index contributed by atoms with van der Waals surface area (Å²) in [6, 6.07) is 15.5. The number of nitrogens with one attached hydrogen (secondary N) is 1. The highest BCUT2D eigenvalue weighted by Gasteiger charge is 2.04. The minimum Gasteiger partial charge on any atom is -0.491 e. The normalized spacial score (nSPS) is 10.7. The zero-order chi connectivity index (χ0) is 17.4. The van der Waals surface area contributed by atoms with Gasteiger partial charge in [0.05, 0.1) is 11.9 Å². The Morgan fingerprint density at radius 3 is 2.62 bits per heavy atom. The second kappa shape index (κ2) is 9.60. The minimum absolute atomic E-state index is 0.0316. The quantitative estimate of drug-likeness (QED) is 0.740. The van der Waals surface area contributed by atoms with Gasteiger partial charge in [0.25, 0.3) is 0 Å². The third-order valence-corrected chi connectivity index (χ3v) is 4.43. The van der Waals surface area contributed by atoms with E-state index in [2.05, 4.69) is 5.32 Å². The van der Waals surface area contributed by atoms with E-state index in [-0.39, 0.29) is 12.0 Å². The Bertz CT molecular complexity index is 659. The van der Waals surface area contributed by atoms with Crippen LogP contribution in [-0.4, -0.2) is 17.8 Å². The van der Waals surface area contributed by atoms with Crippen LogP contribution in [0.25, 0.3) is 0 Å². The number of ether oxygens (including phenoxy) is 1. The molecule has 0 spiro atoms. The molecule has 0 aliphatic carbocycles. The van der Waals surface area contributed by atoms with Crippen molar-refractivity contribution < 1.29 is 9.53 Å². The number of hydrogen-bond donors (Lipinski definition) is 1. The summed E-state index contributed by atoms with van der Waals surface area (Å²) >= 11 is 7.44. The predicted molar refractivity (Wildman–Crippen MR) is 102 cm³/mol. The van der Waals surface area contributed by atoms with Gasteiger partial charge in [-0.3, -0.25) is 4.79 Å². The van der Waals surface area contributed by atoms with Crippen molar-refractivity contribution in [2.45, 2.75) is 32.2 Å². The largest absolute Gasteiger partial charge is 0.491 e. The fourth-order valence-electron chi connectivity index (χ4n) is 2.09. The van der Waals surface area contributed by atoms with Crippen molar-refractivity contribution in [2.75, 3.05) is 5.75 Å². The summed E-state index contributed by atoms with van der Waals surface area (Å²) in [5.41, 5.74) is 2.19. The third kappa shape index (κ3) is 6.85. The lowest BCUT2D eigenvalue weighted by Crippen LogP contribution is -2.24. The first-order valence-corrected chi connectivity index (χ1v) is 9.40. The van der Waals surface area contributed by atoms with Crippen molar-refractivity contribution in [1.82, 2.24) is 5.32 Å². The lowest BCUT2D eigenvalue weighted by atomic mass is 10.2. The highest BCUT2D eigenvalue weighted by Crippen LogP contribution is 2.16. The molecule has 2 aromatic rings. The molecule has 0 unspecified atom stereocenters. The molecular formula is C19H22ClNO2S. The van der Waals surface area contributed by atoms with Crippen LogP contribution in [0.15, 0.2) is 48.5 Å². The first kappa shape index (κ1) is 18.7. The van der Waals surface area contributed by atoms with Gasteiger partial charge in [-0.15, -0.1) is 11.8 Å². The molecule has 0 bridgehead atoms. The van der Waals surface area contributed by atoms with Gasteiger partial charge >= 0.3 is 0 Å². The fraction of sp³-hybridized carbons (Fsp3) is 0.316. The van der Waals surface area contributed by atoms with Crippen LogP contribution in [0.2, 0.25) is 5.02 Å². The average molecular weight is 364 g/mol. The smallest absolute Gasteiger partial charge is 0.230 e. The van der Waals surface area contributed by atoms with Crippen LogP contribution >= 0.6 is 23.4 Å². The van der Waals surface area contributed by atoms with E-state index in [4.69, 9.17) is 16.3 Å². The highest BCUT2D eigenvalue weighted by molar-refractivity contribution is 7.99. The van der Waals surface area contributed by atoms with Crippen molar-refractivity contribution in [1.29, 1.82) is 0 Å². The van der Waals surface area contributed by atoms with Gasteiger partial charge in [0, 0.05) is 17.3 Å². The summed E-state index contributed by atoms with van der Waals surface area (Å²) in [5, 5.41) is 3.67. The molecule has 3 nitrogen and oxygen atoms in total. The molecule has 0 fully saturated rings. The molecule has 0 aliphatic heterocycles. The Hall–Kier alpha value is -1.65. The molecule has 2 rings (SSSR count). The first-order chi connectivity index (χ1) is 11.5. The summed E-state index contributed by atoms with van der Waals surface area (Å²) in [6.07, 6.45) is 0.138. The predicted octanol–water partition coefficient (Wildman–Crippen LogP) is 4.68. The van der Waals surface area contributed by atoms with Crippen LogP contribution in [0.3, 0.4) is 0 Å². The lowest BCUT2D eigenvalue weighted by molar-refractivity contribution is -0.118. The van der Waals surface area contributed by atoms with Gasteiger partial charge in [0.2, 0.25) is 5.91 Å². The topological polar surface area (TPSA) is 38.3 Å². The number of carbonyl (C=O) groups excluding carboxylic acids is 1. The SMILES string of the molecule is CC(C)Oc1cccc(CNC(=O)CSCc2ccc(Cl)cc2)c1. The van der Waals surface area contributed by atoms with E-state index in [1.54, 1.807) is 11.8 Å². The summed E-state index contributed by atoms with van der Waals surface area (Å²) in [4.78, 5) is 11.9. The number of amides is 1. The van der Waals surface area contributed by atoms with Crippen molar-refractivity contribution in [3.63, 3.8) is 0 Å². The molecule has 0 aliphatic rings. The fourth-order valence-corrected chi connectivity index (χ4v) is 3.04. The average Bonchev–Trinajstić information content (AvgIpc) is 2.54. The highest BCUT2D eigenvalue weighted by atomic mass is 35.5. The van der Waals surface area contributed by atoms with Crippen LogP contribution in [0, 0.1) is 0 Å². The van der Waals surface area contributed by atoms with Gasteiger partial charge in [-0.1, -0.05) is 35.9 Å². The van der Waals surface area contributed by atoms with Gasteiger partial charge in [0.1, 0.15) is 5.75 Å². The third-order valence-electron chi connectivity index (χ3n) is 3.18. The Labute approximate surface area is 152 Å². The molecule has 128 valence electrons. The Morgan fingerprint density at radius 2 is 1.92 bits per heavy atom. The van der Waals surface area contributed by atoms with E-state index in [1.807, 2.05) is 62.4 Å². The lowest BCUT2D eigenvalue weighted by Gasteiger charge is -2.11. The summed E-state index contributed by atoms with van der Waals surface area (Å²) < 4.78 is 5.66. The Kier molecular flexibility index (Phi) is 7.47. The minimum atomic E-state index is 0.0316. The summed E-state index contributed by atoms with van der Waals surface area (Å²) in [5.74, 6) is 2.09. The molecule has 0 radical (unpaired) electrons. The zero-order valence-electron chi connectivity index (χ0n) is 13.9. The molecule has 5 heteroatoms. The summed E-state index contributed by atoms with van der Waals surface area (Å²) in [7, 11) is 0. The van der Waals surface area contributed by atoms with E-state index in [1.165, 1.54) is 0 Å². The monoisotopic (exact) mass is 363 g/mol. The number of halogens is 1. The summed E-state index contributed by atoms with van der Waals surface area (Å²) in [6.45, 7) is 4.49. The number of hydrogen-bond acceptors (Lipinski definition) is 3. The van der Waals surface area contributed by atoms with Crippen molar-refractivity contribution in [3.05, 3.63) is 64.7 Å². The zero-order valence-corrected chi connectivity index (χ0v) is 15.5. The van der Waals surface area contributed by atoms with Gasteiger partial charge in [0.15, 0.2) is 0 Å². The molecule has 2 aromatic carbocycles. The molecule has 0 saturated carbocycles. The molecule has 24 heavy (non-hydrogen) atoms. The van der Waals surface area contributed by atoms with Gasteiger partial charge in [-0.05, 0) is 49.2 Å². The van der Waals surface area contributed by atoms with E-state index < -0.39 is 0 Å². The van der Waals surface area contributed by atoms with E-state index in [0.717, 1.165) is 27.7 Å². The van der Waals surface area contributed by atoms with Gasteiger partial charge < -0.3 is 10.1 Å². The molecule has 1 amide bonds. The number of carbonyl (C=O) groups is 1. The number of benzene rings is 2. The van der Waals surface area contributed by atoms with Crippen LogP contribution in [0.4, 0.5) is 0 Å². The van der Waals surface area contributed by atoms with E-state index >= 15 is 0 Å². The Balaban J connectivity index is 1.72. The number of thioether (sulfide) groups is 1. The second-order valence-corrected chi connectivity index (χ2v) is 7.13. The van der Waals surface area contributed by atoms with Crippen LogP contribution in [0.5, 0.6) is 5.75 Å². The molecule has 0 atom stereocenters. The van der Waals surface area contributed by atoms with Crippen LogP contribution in [-0.2, 0) is 17.1 Å². The van der Waals surface area contributed by atoms with Gasteiger partial charge in [-0.25, -0.2) is 0 Å². The maximum atomic E-state index is 11.9. The Morgan fingerprint density at radius 1 is 1.17 bits per heavy atom. The molecule has 0 saturated heterocycles. The van der Waals surface area contributed by atoms with E-state index in [0.29, 0.717) is 12.3 Å².